The average Bonchev–Trinajstić information content (AvgIpc) is 2.36. The third-order valence-corrected chi connectivity index (χ3v) is 3.42. The van der Waals surface area contributed by atoms with Crippen molar-refractivity contribution in [2.75, 3.05) is 12.3 Å². The van der Waals surface area contributed by atoms with Crippen molar-refractivity contribution in [3.05, 3.63) is 34.4 Å². The quantitative estimate of drug-likeness (QED) is 0.474. The summed E-state index contributed by atoms with van der Waals surface area (Å²) in [5.41, 5.74) is 5.14. The zero-order valence-electron chi connectivity index (χ0n) is 11.3. The van der Waals surface area contributed by atoms with E-state index in [0.29, 0.717) is 6.54 Å². The summed E-state index contributed by atoms with van der Waals surface area (Å²) >= 11 is 1.32. The van der Waals surface area contributed by atoms with Crippen molar-refractivity contribution in [2.24, 2.45) is 5.73 Å². The third-order valence-electron chi connectivity index (χ3n) is 2.41. The van der Waals surface area contributed by atoms with Crippen LogP contribution in [0.15, 0.2) is 29.2 Å². The largest absolute Gasteiger partial charge is 0.349 e. The van der Waals surface area contributed by atoms with Crippen molar-refractivity contribution in [2.45, 2.75) is 24.3 Å². The van der Waals surface area contributed by atoms with Gasteiger partial charge in [0.1, 0.15) is 0 Å². The Morgan fingerprint density at radius 2 is 1.95 bits per heavy atom. The number of rotatable bonds is 6. The van der Waals surface area contributed by atoms with Crippen LogP contribution in [0.25, 0.3) is 0 Å². The van der Waals surface area contributed by atoms with E-state index in [2.05, 4.69) is 5.32 Å². The van der Waals surface area contributed by atoms with Crippen LogP contribution in [0.3, 0.4) is 0 Å². The first-order chi connectivity index (χ1) is 8.84. The van der Waals surface area contributed by atoms with E-state index < -0.39 is 10.5 Å². The first-order valence-corrected chi connectivity index (χ1v) is 6.71. The number of nitrogens with one attached hydrogen (secondary N) is 1. The van der Waals surface area contributed by atoms with Crippen LogP contribution in [0.4, 0.5) is 5.69 Å². The Morgan fingerprint density at radius 1 is 1.40 bits per heavy atom. The Labute approximate surface area is 128 Å². The average molecular weight is 320 g/mol. The van der Waals surface area contributed by atoms with Gasteiger partial charge in [-0.15, -0.1) is 24.2 Å². The number of hydrogen-bond acceptors (Lipinski definition) is 5. The highest BCUT2D eigenvalue weighted by Crippen LogP contribution is 2.21. The minimum Gasteiger partial charge on any atom is -0.349 e. The van der Waals surface area contributed by atoms with Gasteiger partial charge in [0, 0.05) is 29.1 Å². The number of nitro benzene ring substituents is 1. The zero-order chi connectivity index (χ0) is 14.5. The van der Waals surface area contributed by atoms with Crippen LogP contribution in [0.2, 0.25) is 0 Å². The number of nitrogens with two attached hydrogens (primary N) is 1. The summed E-state index contributed by atoms with van der Waals surface area (Å²) in [4.78, 5) is 22.5. The summed E-state index contributed by atoms with van der Waals surface area (Å²) in [6.07, 6.45) is 0. The van der Waals surface area contributed by atoms with Gasteiger partial charge in [-0.1, -0.05) is 0 Å². The van der Waals surface area contributed by atoms with Crippen molar-refractivity contribution >= 4 is 35.8 Å². The Bertz CT molecular complexity index is 466. The second-order valence-corrected chi connectivity index (χ2v) is 5.72. The van der Waals surface area contributed by atoms with Gasteiger partial charge in [-0.05, 0) is 26.0 Å². The molecule has 0 fully saturated rings. The van der Waals surface area contributed by atoms with Crippen molar-refractivity contribution in [3.8, 4) is 0 Å². The minimum absolute atomic E-state index is 0. The molecule has 0 unspecified atom stereocenters. The smallest absolute Gasteiger partial charge is 0.269 e. The molecule has 0 aromatic heterocycles. The van der Waals surface area contributed by atoms with E-state index in [1.54, 1.807) is 12.1 Å². The first kappa shape index (κ1) is 18.7. The number of carbonyl (C=O) groups excluding carboxylic acids is 1. The molecule has 0 aliphatic rings. The number of carbonyl (C=O) groups is 1. The highest BCUT2D eigenvalue weighted by Gasteiger charge is 2.18. The lowest BCUT2D eigenvalue weighted by molar-refractivity contribution is -0.384. The second-order valence-electron chi connectivity index (χ2n) is 4.68. The van der Waals surface area contributed by atoms with Crippen molar-refractivity contribution in [1.82, 2.24) is 5.32 Å². The Balaban J connectivity index is 0.00000361. The van der Waals surface area contributed by atoms with E-state index in [0.717, 1.165) is 4.90 Å². The molecule has 6 nitrogen and oxygen atoms in total. The van der Waals surface area contributed by atoms with E-state index in [1.165, 1.54) is 23.9 Å². The molecule has 8 heteroatoms. The number of benzene rings is 1. The number of nitro groups is 1. The summed E-state index contributed by atoms with van der Waals surface area (Å²) in [6.45, 7) is 4.06. The number of non-ortho nitro benzene ring substituents is 1. The highest BCUT2D eigenvalue weighted by molar-refractivity contribution is 8.00. The van der Waals surface area contributed by atoms with Crippen molar-refractivity contribution in [3.63, 3.8) is 0 Å². The molecule has 0 aliphatic heterocycles. The van der Waals surface area contributed by atoms with Gasteiger partial charge < -0.3 is 11.1 Å². The Kier molecular flexibility index (Phi) is 7.55. The summed E-state index contributed by atoms with van der Waals surface area (Å²) < 4.78 is 0. The molecule has 1 amide bonds. The first-order valence-electron chi connectivity index (χ1n) is 5.72. The predicted octanol–water partition coefficient (Wildman–Crippen LogP) is 1.96. The predicted molar refractivity (Wildman–Crippen MR) is 82.3 cm³/mol. The van der Waals surface area contributed by atoms with Gasteiger partial charge in [-0.3, -0.25) is 14.9 Å². The number of thioether (sulfide) groups is 1. The van der Waals surface area contributed by atoms with Crippen LogP contribution in [-0.2, 0) is 4.79 Å². The molecule has 0 radical (unpaired) electrons. The lowest BCUT2D eigenvalue weighted by atomic mass is 10.1. The molecule has 1 rings (SSSR count). The van der Waals surface area contributed by atoms with E-state index >= 15 is 0 Å². The fourth-order valence-corrected chi connectivity index (χ4v) is 1.98. The maximum atomic E-state index is 11.7. The van der Waals surface area contributed by atoms with Gasteiger partial charge in [-0.25, -0.2) is 0 Å². The molecule has 3 N–H and O–H groups in total. The van der Waals surface area contributed by atoms with Crippen LogP contribution in [0, 0.1) is 10.1 Å². The molecule has 1 aromatic carbocycles. The fraction of sp³-hybridized carbons (Fsp3) is 0.417. The lowest BCUT2D eigenvalue weighted by Gasteiger charge is -2.24. The Hall–Kier alpha value is -1.31. The van der Waals surface area contributed by atoms with Gasteiger partial charge in [-0.2, -0.15) is 0 Å². The molecule has 112 valence electrons. The van der Waals surface area contributed by atoms with Crippen LogP contribution in [0.1, 0.15) is 13.8 Å². The standard InChI is InChI=1S/C12H17N3O3S.ClH/c1-12(2,8-13)14-11(16)7-19-10-5-3-9(4-6-10)15(17)18;/h3-6H,7-8,13H2,1-2H3,(H,14,16);1H. The molecule has 0 aliphatic carbocycles. The monoisotopic (exact) mass is 319 g/mol. The van der Waals surface area contributed by atoms with E-state index in [-0.39, 0.29) is 29.8 Å². The SMILES string of the molecule is CC(C)(CN)NC(=O)CSc1ccc([N+](=O)[O-])cc1.Cl. The number of hydrogen-bond donors (Lipinski definition) is 2. The van der Waals surface area contributed by atoms with E-state index in [4.69, 9.17) is 5.73 Å². The molecule has 0 saturated carbocycles. The molecule has 0 atom stereocenters. The number of nitrogens with zero attached hydrogens (tertiary/aromatic N) is 1. The topological polar surface area (TPSA) is 98.3 Å². The summed E-state index contributed by atoms with van der Waals surface area (Å²) in [6, 6.07) is 6.10. The summed E-state index contributed by atoms with van der Waals surface area (Å²) in [5, 5.41) is 13.3. The van der Waals surface area contributed by atoms with Gasteiger partial charge in [0.25, 0.3) is 5.69 Å². The van der Waals surface area contributed by atoms with E-state index in [1.807, 2.05) is 13.8 Å². The summed E-state index contributed by atoms with van der Waals surface area (Å²) in [5.74, 6) is 0.139. The highest BCUT2D eigenvalue weighted by atomic mass is 35.5. The van der Waals surface area contributed by atoms with Crippen molar-refractivity contribution in [1.29, 1.82) is 0 Å². The van der Waals surface area contributed by atoms with Crippen LogP contribution < -0.4 is 11.1 Å². The molecule has 0 bridgehead atoms. The third kappa shape index (κ3) is 6.23. The molecular weight excluding hydrogens is 302 g/mol. The number of halogens is 1. The van der Waals surface area contributed by atoms with E-state index in [9.17, 15) is 14.9 Å². The molecule has 0 spiro atoms. The minimum atomic E-state index is -0.453. The zero-order valence-corrected chi connectivity index (χ0v) is 12.9. The molecule has 20 heavy (non-hydrogen) atoms. The Morgan fingerprint density at radius 3 is 2.40 bits per heavy atom. The normalized spacial score (nSPS) is 10.6. The van der Waals surface area contributed by atoms with Gasteiger partial charge in [0.15, 0.2) is 0 Å². The maximum absolute atomic E-state index is 11.7. The maximum Gasteiger partial charge on any atom is 0.269 e. The summed E-state index contributed by atoms with van der Waals surface area (Å²) in [7, 11) is 0. The van der Waals surface area contributed by atoms with Crippen LogP contribution in [0.5, 0.6) is 0 Å². The molecular formula is C12H18ClN3O3S. The van der Waals surface area contributed by atoms with Gasteiger partial charge in [0.05, 0.1) is 10.7 Å². The molecule has 0 saturated heterocycles. The van der Waals surface area contributed by atoms with Gasteiger partial charge >= 0.3 is 0 Å². The van der Waals surface area contributed by atoms with Crippen LogP contribution >= 0.6 is 24.2 Å². The van der Waals surface area contributed by atoms with Crippen LogP contribution in [-0.4, -0.2) is 28.7 Å². The number of amides is 1. The van der Waals surface area contributed by atoms with Gasteiger partial charge in [0.2, 0.25) is 5.91 Å². The van der Waals surface area contributed by atoms with Crippen molar-refractivity contribution < 1.29 is 9.72 Å². The molecule has 0 heterocycles. The second kappa shape index (κ2) is 8.08. The fourth-order valence-electron chi connectivity index (χ4n) is 1.28. The molecule has 1 aromatic rings. The lowest BCUT2D eigenvalue weighted by Crippen LogP contribution is -2.49.